The molecule has 6 heteroatoms. The Morgan fingerprint density at radius 3 is 2.75 bits per heavy atom. The number of ether oxygens (including phenoxy) is 1. The predicted octanol–water partition coefficient (Wildman–Crippen LogP) is 3.52. The highest BCUT2D eigenvalue weighted by Gasteiger charge is 2.28. The van der Waals surface area contributed by atoms with Gasteiger partial charge in [-0.25, -0.2) is 9.67 Å². The fourth-order valence-electron chi connectivity index (χ4n) is 3.15. The standard InChI is InChI=1S/C18H23ClN4O/c1-22-17(20-18(21-22)13-4-5-13)12-24-15-7-6-14(16(19)10-15)11-23-8-2-3-9-23/h6-7,10,13H,2-5,8-9,11-12H2,1H3. The molecule has 2 aliphatic rings. The maximum atomic E-state index is 6.43. The number of rotatable bonds is 6. The number of halogens is 1. The molecule has 24 heavy (non-hydrogen) atoms. The van der Waals surface area contributed by atoms with E-state index in [1.807, 2.05) is 23.9 Å². The van der Waals surface area contributed by atoms with E-state index in [0.29, 0.717) is 12.5 Å². The number of hydrogen-bond acceptors (Lipinski definition) is 4. The minimum absolute atomic E-state index is 0.415. The third kappa shape index (κ3) is 3.57. The van der Waals surface area contributed by atoms with E-state index in [0.717, 1.165) is 29.0 Å². The zero-order valence-corrected chi connectivity index (χ0v) is 14.8. The van der Waals surface area contributed by atoms with Gasteiger partial charge in [-0.2, -0.15) is 5.10 Å². The molecule has 1 aromatic heterocycles. The fraction of sp³-hybridized carbons (Fsp3) is 0.556. The van der Waals surface area contributed by atoms with E-state index >= 15 is 0 Å². The van der Waals surface area contributed by atoms with Gasteiger partial charge in [-0.3, -0.25) is 4.90 Å². The second-order valence-electron chi connectivity index (χ2n) is 6.81. The van der Waals surface area contributed by atoms with Crippen molar-refractivity contribution in [2.45, 2.75) is 44.8 Å². The van der Waals surface area contributed by atoms with Gasteiger partial charge in [0, 0.05) is 24.5 Å². The molecule has 0 radical (unpaired) electrons. The van der Waals surface area contributed by atoms with Gasteiger partial charge in [0.1, 0.15) is 12.4 Å². The summed E-state index contributed by atoms with van der Waals surface area (Å²) in [6.45, 7) is 3.68. The molecular formula is C18H23ClN4O. The second-order valence-corrected chi connectivity index (χ2v) is 7.22. The average molecular weight is 347 g/mol. The van der Waals surface area contributed by atoms with Gasteiger partial charge in [0.05, 0.1) is 0 Å². The van der Waals surface area contributed by atoms with Crippen LogP contribution in [0, 0.1) is 0 Å². The lowest BCUT2D eigenvalue weighted by Crippen LogP contribution is -2.18. The Morgan fingerprint density at radius 1 is 1.25 bits per heavy atom. The van der Waals surface area contributed by atoms with Crippen LogP contribution in [0.3, 0.4) is 0 Å². The molecule has 0 bridgehead atoms. The summed E-state index contributed by atoms with van der Waals surface area (Å²) in [5, 5.41) is 5.24. The predicted molar refractivity (Wildman–Crippen MR) is 93.3 cm³/mol. The maximum Gasteiger partial charge on any atom is 0.164 e. The molecule has 0 spiro atoms. The van der Waals surface area contributed by atoms with Crippen molar-refractivity contribution >= 4 is 11.6 Å². The molecule has 4 rings (SSSR count). The van der Waals surface area contributed by atoms with Gasteiger partial charge in [0.25, 0.3) is 0 Å². The van der Waals surface area contributed by atoms with Crippen LogP contribution < -0.4 is 4.74 Å². The Bertz CT molecular complexity index is 720. The first-order chi connectivity index (χ1) is 11.7. The third-order valence-corrected chi connectivity index (χ3v) is 5.15. The van der Waals surface area contributed by atoms with Gasteiger partial charge in [-0.1, -0.05) is 17.7 Å². The Balaban J connectivity index is 1.38. The molecule has 1 saturated carbocycles. The van der Waals surface area contributed by atoms with Crippen LogP contribution in [-0.4, -0.2) is 32.8 Å². The SMILES string of the molecule is Cn1nc(C2CC2)nc1COc1ccc(CN2CCCC2)c(Cl)c1. The lowest BCUT2D eigenvalue weighted by atomic mass is 10.2. The van der Waals surface area contributed by atoms with Crippen molar-refractivity contribution in [1.82, 2.24) is 19.7 Å². The molecule has 2 fully saturated rings. The van der Waals surface area contributed by atoms with Crippen molar-refractivity contribution in [3.8, 4) is 5.75 Å². The lowest BCUT2D eigenvalue weighted by Gasteiger charge is -2.16. The molecule has 1 saturated heterocycles. The largest absolute Gasteiger partial charge is 0.486 e. The molecule has 128 valence electrons. The number of benzene rings is 1. The molecule has 0 unspecified atom stereocenters. The highest BCUT2D eigenvalue weighted by Crippen LogP contribution is 2.38. The summed E-state index contributed by atoms with van der Waals surface area (Å²) < 4.78 is 7.69. The van der Waals surface area contributed by atoms with E-state index in [1.54, 1.807) is 0 Å². The van der Waals surface area contributed by atoms with Crippen LogP contribution in [0.5, 0.6) is 5.75 Å². The lowest BCUT2D eigenvalue weighted by molar-refractivity contribution is 0.289. The first-order valence-electron chi connectivity index (χ1n) is 8.72. The van der Waals surface area contributed by atoms with Crippen molar-refractivity contribution in [1.29, 1.82) is 0 Å². The summed E-state index contributed by atoms with van der Waals surface area (Å²) in [7, 11) is 1.92. The highest BCUT2D eigenvalue weighted by molar-refractivity contribution is 6.31. The zero-order valence-electron chi connectivity index (χ0n) is 14.0. The number of likely N-dealkylation sites (tertiary alicyclic amines) is 1. The normalized spacial score (nSPS) is 18.2. The second kappa shape index (κ2) is 6.73. The van der Waals surface area contributed by atoms with E-state index < -0.39 is 0 Å². The van der Waals surface area contributed by atoms with Crippen molar-refractivity contribution in [3.63, 3.8) is 0 Å². The van der Waals surface area contributed by atoms with Gasteiger partial charge < -0.3 is 4.74 Å². The fourth-order valence-corrected chi connectivity index (χ4v) is 3.38. The monoisotopic (exact) mass is 346 g/mol. The number of aromatic nitrogens is 3. The molecule has 2 heterocycles. The van der Waals surface area contributed by atoms with Gasteiger partial charge in [0.2, 0.25) is 0 Å². The minimum Gasteiger partial charge on any atom is -0.486 e. The smallest absolute Gasteiger partial charge is 0.164 e. The van der Waals surface area contributed by atoms with E-state index in [2.05, 4.69) is 21.0 Å². The van der Waals surface area contributed by atoms with Gasteiger partial charge >= 0.3 is 0 Å². The van der Waals surface area contributed by atoms with Crippen LogP contribution >= 0.6 is 11.6 Å². The third-order valence-electron chi connectivity index (χ3n) is 4.80. The zero-order chi connectivity index (χ0) is 16.5. The molecule has 2 aromatic rings. The number of aryl methyl sites for hydroxylation is 1. The summed E-state index contributed by atoms with van der Waals surface area (Å²) in [6.07, 6.45) is 5.00. The van der Waals surface area contributed by atoms with Crippen molar-refractivity contribution in [3.05, 3.63) is 40.4 Å². The number of nitrogens with zero attached hydrogens (tertiary/aromatic N) is 4. The molecule has 0 N–H and O–H groups in total. The minimum atomic E-state index is 0.415. The molecule has 1 aliphatic heterocycles. The van der Waals surface area contributed by atoms with Crippen LogP contribution in [0.4, 0.5) is 0 Å². The van der Waals surface area contributed by atoms with Crippen LogP contribution in [0.2, 0.25) is 5.02 Å². The molecule has 0 amide bonds. The van der Waals surface area contributed by atoms with E-state index in [-0.39, 0.29) is 0 Å². The maximum absolute atomic E-state index is 6.43. The Hall–Kier alpha value is -1.59. The summed E-state index contributed by atoms with van der Waals surface area (Å²) >= 11 is 6.43. The van der Waals surface area contributed by atoms with E-state index in [4.69, 9.17) is 16.3 Å². The van der Waals surface area contributed by atoms with Gasteiger partial charge in [-0.15, -0.1) is 0 Å². The molecule has 1 aromatic carbocycles. The van der Waals surface area contributed by atoms with Crippen molar-refractivity contribution in [2.75, 3.05) is 13.1 Å². The van der Waals surface area contributed by atoms with Crippen molar-refractivity contribution in [2.24, 2.45) is 7.05 Å². The Morgan fingerprint density at radius 2 is 2.04 bits per heavy atom. The molecule has 0 atom stereocenters. The summed E-state index contributed by atoms with van der Waals surface area (Å²) in [5.41, 5.74) is 1.17. The number of hydrogen-bond donors (Lipinski definition) is 0. The summed E-state index contributed by atoms with van der Waals surface area (Å²) in [4.78, 5) is 7.03. The van der Waals surface area contributed by atoms with Gasteiger partial charge in [0.15, 0.2) is 11.6 Å². The molecule has 1 aliphatic carbocycles. The Kier molecular flexibility index (Phi) is 4.46. The highest BCUT2D eigenvalue weighted by atomic mass is 35.5. The topological polar surface area (TPSA) is 43.2 Å². The van der Waals surface area contributed by atoms with Crippen LogP contribution in [0.15, 0.2) is 18.2 Å². The van der Waals surface area contributed by atoms with Crippen LogP contribution in [-0.2, 0) is 20.2 Å². The summed E-state index contributed by atoms with van der Waals surface area (Å²) in [5.74, 6) is 3.15. The first-order valence-corrected chi connectivity index (χ1v) is 9.10. The van der Waals surface area contributed by atoms with Crippen LogP contribution in [0.1, 0.15) is 48.8 Å². The van der Waals surface area contributed by atoms with E-state index in [9.17, 15) is 0 Å². The first kappa shape index (κ1) is 15.9. The summed E-state index contributed by atoms with van der Waals surface area (Å²) in [6, 6.07) is 5.98. The van der Waals surface area contributed by atoms with Gasteiger partial charge in [-0.05, 0) is 56.5 Å². The van der Waals surface area contributed by atoms with Crippen LogP contribution in [0.25, 0.3) is 0 Å². The quantitative estimate of drug-likeness (QED) is 0.802. The molecule has 5 nitrogen and oxygen atoms in total. The van der Waals surface area contributed by atoms with E-state index in [1.165, 1.54) is 44.3 Å². The Labute approximate surface area is 147 Å². The average Bonchev–Trinajstić information content (AvgIpc) is 3.17. The van der Waals surface area contributed by atoms with Crippen molar-refractivity contribution < 1.29 is 4.74 Å². The molecular weight excluding hydrogens is 324 g/mol.